The molecule has 1 aromatic carbocycles. The summed E-state index contributed by atoms with van der Waals surface area (Å²) in [5.41, 5.74) is 1.13. The molecule has 0 aliphatic rings. The van der Waals surface area contributed by atoms with E-state index in [2.05, 4.69) is 25.5 Å². The van der Waals surface area contributed by atoms with Gasteiger partial charge in [-0.15, -0.1) is 0 Å². The van der Waals surface area contributed by atoms with Crippen molar-refractivity contribution >= 4 is 10.0 Å². The monoisotopic (exact) mass is 299 g/mol. The van der Waals surface area contributed by atoms with Gasteiger partial charge in [-0.25, -0.2) is 13.1 Å². The van der Waals surface area contributed by atoms with Crippen molar-refractivity contribution in [3.05, 3.63) is 29.8 Å². The molecule has 0 bridgehead atoms. The fourth-order valence-electron chi connectivity index (χ4n) is 1.69. The molecule has 1 rings (SSSR count). The highest BCUT2D eigenvalue weighted by Crippen LogP contribution is 2.23. The number of ether oxygens (including phenoxy) is 1. The Labute approximate surface area is 122 Å². The zero-order chi connectivity index (χ0) is 15.4. The predicted molar refractivity (Wildman–Crippen MR) is 81.4 cm³/mol. The normalized spacial score (nSPS) is 12.9. The van der Waals surface area contributed by atoms with Crippen LogP contribution in [0, 0.1) is 0 Å². The molecule has 0 radical (unpaired) electrons. The van der Waals surface area contributed by atoms with Crippen molar-refractivity contribution < 1.29 is 13.2 Å². The first-order chi connectivity index (χ1) is 9.13. The second kappa shape index (κ2) is 6.70. The smallest absolute Gasteiger partial charge is 0.240 e. The minimum Gasteiger partial charge on any atom is -0.377 e. The first-order valence-corrected chi connectivity index (χ1v) is 8.33. The Hall–Kier alpha value is -0.910. The molecule has 0 aliphatic carbocycles. The summed E-state index contributed by atoms with van der Waals surface area (Å²) in [6, 6.07) is 7.01. The van der Waals surface area contributed by atoms with Crippen molar-refractivity contribution in [2.45, 2.75) is 51.0 Å². The third-order valence-corrected chi connectivity index (χ3v) is 4.35. The van der Waals surface area contributed by atoms with E-state index in [1.165, 1.54) is 0 Å². The molecule has 0 aliphatic heterocycles. The quantitative estimate of drug-likeness (QED) is 0.822. The fourth-order valence-corrected chi connectivity index (χ4v) is 2.70. The summed E-state index contributed by atoms with van der Waals surface area (Å²) in [6.45, 7) is 10.8. The van der Waals surface area contributed by atoms with Crippen molar-refractivity contribution in [2.75, 3.05) is 13.2 Å². The van der Waals surface area contributed by atoms with E-state index >= 15 is 0 Å². The van der Waals surface area contributed by atoms with Gasteiger partial charge in [-0.1, -0.05) is 32.9 Å². The number of sulfonamides is 1. The molecule has 0 amide bonds. The van der Waals surface area contributed by atoms with Crippen LogP contribution in [0.1, 0.15) is 40.2 Å². The minimum absolute atomic E-state index is 0.0147. The van der Waals surface area contributed by atoms with Crippen molar-refractivity contribution in [3.63, 3.8) is 0 Å². The lowest BCUT2D eigenvalue weighted by Gasteiger charge is -2.19. The van der Waals surface area contributed by atoms with Gasteiger partial charge in [0.05, 0.1) is 17.6 Å². The standard InChI is InChI=1S/C15H25NO3S/c1-12(2)19-11-10-16-20(17,18)14-8-6-13(7-9-14)15(3,4)5/h6-9,12,16H,10-11H2,1-5H3. The third-order valence-electron chi connectivity index (χ3n) is 2.88. The van der Waals surface area contributed by atoms with Crippen LogP contribution in [0.25, 0.3) is 0 Å². The van der Waals surface area contributed by atoms with Crippen LogP contribution >= 0.6 is 0 Å². The number of rotatable bonds is 6. The maximum absolute atomic E-state index is 12.1. The van der Waals surface area contributed by atoms with Gasteiger partial charge in [-0.05, 0) is 37.0 Å². The van der Waals surface area contributed by atoms with Gasteiger partial charge in [-0.2, -0.15) is 0 Å². The van der Waals surface area contributed by atoms with E-state index in [0.29, 0.717) is 6.61 Å². The molecule has 0 fully saturated rings. The molecule has 20 heavy (non-hydrogen) atoms. The topological polar surface area (TPSA) is 55.4 Å². The molecule has 1 aromatic rings. The summed E-state index contributed by atoms with van der Waals surface area (Å²) in [4.78, 5) is 0.287. The fraction of sp³-hybridized carbons (Fsp3) is 0.600. The van der Waals surface area contributed by atoms with Crippen LogP contribution in [0.4, 0.5) is 0 Å². The second-order valence-corrected chi connectivity index (χ2v) is 7.86. The lowest BCUT2D eigenvalue weighted by molar-refractivity contribution is 0.0834. The molecule has 0 aromatic heterocycles. The Balaban J connectivity index is 2.69. The Morgan fingerprint density at radius 2 is 1.70 bits per heavy atom. The van der Waals surface area contributed by atoms with Crippen LogP contribution in [0.15, 0.2) is 29.2 Å². The zero-order valence-electron chi connectivity index (χ0n) is 12.9. The van der Waals surface area contributed by atoms with Gasteiger partial charge in [0.15, 0.2) is 0 Å². The molecule has 4 nitrogen and oxygen atoms in total. The predicted octanol–water partition coefficient (Wildman–Crippen LogP) is 2.69. The van der Waals surface area contributed by atoms with E-state index in [1.54, 1.807) is 12.1 Å². The molecule has 0 heterocycles. The molecule has 114 valence electrons. The van der Waals surface area contributed by atoms with Gasteiger partial charge in [0.25, 0.3) is 0 Å². The summed E-state index contributed by atoms with van der Waals surface area (Å²) in [6.07, 6.45) is 0.102. The van der Waals surface area contributed by atoms with Gasteiger partial charge >= 0.3 is 0 Å². The molecule has 1 N–H and O–H groups in total. The second-order valence-electron chi connectivity index (χ2n) is 6.09. The van der Waals surface area contributed by atoms with Crippen LogP contribution in [0.3, 0.4) is 0 Å². The van der Waals surface area contributed by atoms with Crippen LogP contribution in [0.5, 0.6) is 0 Å². The number of hydrogen-bond donors (Lipinski definition) is 1. The first kappa shape index (κ1) is 17.1. The van der Waals surface area contributed by atoms with Crippen LogP contribution in [0.2, 0.25) is 0 Å². The van der Waals surface area contributed by atoms with Crippen molar-refractivity contribution in [1.82, 2.24) is 4.72 Å². The highest BCUT2D eigenvalue weighted by atomic mass is 32.2. The van der Waals surface area contributed by atoms with E-state index in [4.69, 9.17) is 4.74 Å². The van der Waals surface area contributed by atoms with Gasteiger partial charge in [-0.3, -0.25) is 0 Å². The lowest BCUT2D eigenvalue weighted by Crippen LogP contribution is -2.28. The SMILES string of the molecule is CC(C)OCCNS(=O)(=O)c1ccc(C(C)(C)C)cc1. The maximum atomic E-state index is 12.1. The van der Waals surface area contributed by atoms with Crippen molar-refractivity contribution in [1.29, 1.82) is 0 Å². The highest BCUT2D eigenvalue weighted by molar-refractivity contribution is 7.89. The Morgan fingerprint density at radius 1 is 1.15 bits per heavy atom. The average molecular weight is 299 g/mol. The number of hydrogen-bond acceptors (Lipinski definition) is 3. The summed E-state index contributed by atoms with van der Waals surface area (Å²) >= 11 is 0. The van der Waals surface area contributed by atoms with Crippen LogP contribution in [-0.4, -0.2) is 27.7 Å². The van der Waals surface area contributed by atoms with E-state index in [9.17, 15) is 8.42 Å². The molecular formula is C15H25NO3S. The third kappa shape index (κ3) is 5.23. The summed E-state index contributed by atoms with van der Waals surface area (Å²) in [7, 11) is -3.45. The Morgan fingerprint density at radius 3 is 2.15 bits per heavy atom. The summed E-state index contributed by atoms with van der Waals surface area (Å²) < 4.78 is 32.0. The van der Waals surface area contributed by atoms with E-state index in [-0.39, 0.29) is 23.0 Å². The van der Waals surface area contributed by atoms with Gasteiger partial charge in [0.1, 0.15) is 0 Å². The average Bonchev–Trinajstić information content (AvgIpc) is 2.34. The van der Waals surface area contributed by atoms with Crippen LogP contribution < -0.4 is 4.72 Å². The molecule has 0 saturated heterocycles. The molecular weight excluding hydrogens is 274 g/mol. The van der Waals surface area contributed by atoms with E-state index < -0.39 is 10.0 Å². The largest absolute Gasteiger partial charge is 0.377 e. The Bertz CT molecular complexity index is 513. The van der Waals surface area contributed by atoms with Gasteiger partial charge < -0.3 is 4.74 Å². The summed E-state index contributed by atoms with van der Waals surface area (Å²) in [5, 5.41) is 0. The van der Waals surface area contributed by atoms with Crippen molar-refractivity contribution in [2.24, 2.45) is 0 Å². The lowest BCUT2D eigenvalue weighted by atomic mass is 9.87. The van der Waals surface area contributed by atoms with E-state index in [1.807, 2.05) is 26.0 Å². The number of nitrogens with one attached hydrogen (secondary N) is 1. The van der Waals surface area contributed by atoms with E-state index in [0.717, 1.165) is 5.56 Å². The van der Waals surface area contributed by atoms with Crippen LogP contribution in [-0.2, 0) is 20.2 Å². The first-order valence-electron chi connectivity index (χ1n) is 6.85. The number of benzene rings is 1. The molecule has 0 spiro atoms. The van der Waals surface area contributed by atoms with Gasteiger partial charge in [0.2, 0.25) is 10.0 Å². The Kier molecular flexibility index (Phi) is 5.74. The van der Waals surface area contributed by atoms with Crippen molar-refractivity contribution in [3.8, 4) is 0 Å². The molecule has 0 unspecified atom stereocenters. The molecule has 0 saturated carbocycles. The highest BCUT2D eigenvalue weighted by Gasteiger charge is 2.17. The molecule has 0 atom stereocenters. The summed E-state index contributed by atoms with van der Waals surface area (Å²) in [5.74, 6) is 0. The zero-order valence-corrected chi connectivity index (χ0v) is 13.8. The molecule has 5 heteroatoms. The minimum atomic E-state index is -3.45. The maximum Gasteiger partial charge on any atom is 0.240 e. The van der Waals surface area contributed by atoms with Gasteiger partial charge in [0, 0.05) is 6.54 Å².